The number of ether oxygens (including phenoxy) is 1. The summed E-state index contributed by atoms with van der Waals surface area (Å²) < 4.78 is 73.9. The molecule has 0 saturated heterocycles. The number of aromatic nitrogens is 1. The summed E-state index contributed by atoms with van der Waals surface area (Å²) in [5, 5.41) is 0. The van der Waals surface area contributed by atoms with Gasteiger partial charge in [-0.05, 0) is 37.3 Å². The van der Waals surface area contributed by atoms with Crippen molar-refractivity contribution in [3.05, 3.63) is 71.7 Å². The Balaban J connectivity index is 2.38. The van der Waals surface area contributed by atoms with Gasteiger partial charge < -0.3 is 10.5 Å². The standard InChI is InChI=1S/C19H17F3N2O3S/c1-11(23)16-10-24(28(25,26)14-5-3-4-12(20)8-14)18(19(16)27-2)15-7-6-13(21)9-17(15)22/h3-11H,23H2,1-2H3. The van der Waals surface area contributed by atoms with Crippen molar-refractivity contribution >= 4 is 10.0 Å². The van der Waals surface area contributed by atoms with Gasteiger partial charge in [-0.2, -0.15) is 0 Å². The lowest BCUT2D eigenvalue weighted by molar-refractivity contribution is 0.409. The summed E-state index contributed by atoms with van der Waals surface area (Å²) >= 11 is 0. The molecule has 0 saturated carbocycles. The minimum atomic E-state index is -4.33. The Bertz CT molecular complexity index is 1140. The highest BCUT2D eigenvalue weighted by Crippen LogP contribution is 2.40. The van der Waals surface area contributed by atoms with Crippen LogP contribution in [0.4, 0.5) is 13.2 Å². The molecule has 3 rings (SSSR count). The van der Waals surface area contributed by atoms with Gasteiger partial charge in [-0.15, -0.1) is 0 Å². The van der Waals surface area contributed by atoms with E-state index in [9.17, 15) is 21.6 Å². The molecule has 1 aromatic heterocycles. The van der Waals surface area contributed by atoms with Gasteiger partial charge in [-0.25, -0.2) is 25.6 Å². The number of nitrogens with zero attached hydrogens (tertiary/aromatic N) is 1. The summed E-state index contributed by atoms with van der Waals surface area (Å²) in [5.41, 5.74) is 5.84. The SMILES string of the molecule is COc1c(C(C)N)cn(S(=O)(=O)c2cccc(F)c2)c1-c1ccc(F)cc1F. The Kier molecular flexibility index (Phi) is 5.22. The maximum absolute atomic E-state index is 14.5. The topological polar surface area (TPSA) is 74.3 Å². The number of halogens is 3. The molecule has 0 aliphatic rings. The van der Waals surface area contributed by atoms with E-state index < -0.39 is 33.5 Å². The van der Waals surface area contributed by atoms with Crippen LogP contribution in [0.25, 0.3) is 11.3 Å². The van der Waals surface area contributed by atoms with Crippen molar-refractivity contribution in [2.24, 2.45) is 5.73 Å². The largest absolute Gasteiger partial charge is 0.494 e. The van der Waals surface area contributed by atoms with Crippen LogP contribution < -0.4 is 10.5 Å². The van der Waals surface area contributed by atoms with Crippen molar-refractivity contribution < 1.29 is 26.3 Å². The summed E-state index contributed by atoms with van der Waals surface area (Å²) in [6.07, 6.45) is 1.20. The number of benzene rings is 2. The van der Waals surface area contributed by atoms with E-state index in [-0.39, 0.29) is 21.9 Å². The molecule has 28 heavy (non-hydrogen) atoms. The third-order valence-electron chi connectivity index (χ3n) is 4.19. The van der Waals surface area contributed by atoms with Gasteiger partial charge in [0.1, 0.15) is 23.1 Å². The zero-order valence-electron chi connectivity index (χ0n) is 15.0. The van der Waals surface area contributed by atoms with Crippen LogP contribution in [0.15, 0.2) is 53.6 Å². The Hall–Kier alpha value is -2.78. The van der Waals surface area contributed by atoms with E-state index in [0.717, 1.165) is 28.2 Å². The average Bonchev–Trinajstić information content (AvgIpc) is 3.02. The molecular formula is C19H17F3N2O3S. The molecule has 0 aliphatic carbocycles. The van der Waals surface area contributed by atoms with Gasteiger partial charge in [-0.1, -0.05) is 6.07 Å². The first kappa shape index (κ1) is 20.0. The Morgan fingerprint density at radius 1 is 1.07 bits per heavy atom. The fourth-order valence-corrected chi connectivity index (χ4v) is 4.29. The predicted octanol–water partition coefficient (Wildman–Crippen LogP) is 3.84. The summed E-state index contributed by atoms with van der Waals surface area (Å²) in [6, 6.07) is 6.48. The van der Waals surface area contributed by atoms with Crippen molar-refractivity contribution in [2.45, 2.75) is 17.9 Å². The molecule has 0 radical (unpaired) electrons. The second kappa shape index (κ2) is 7.33. The van der Waals surface area contributed by atoms with Gasteiger partial charge in [0.05, 0.1) is 12.0 Å². The van der Waals surface area contributed by atoms with Gasteiger partial charge in [0.2, 0.25) is 0 Å². The molecule has 0 amide bonds. The second-order valence-corrected chi connectivity index (χ2v) is 7.95. The molecule has 2 N–H and O–H groups in total. The van der Waals surface area contributed by atoms with E-state index in [1.807, 2.05) is 0 Å². The Morgan fingerprint density at radius 3 is 2.32 bits per heavy atom. The molecule has 1 atom stereocenters. The van der Waals surface area contributed by atoms with Crippen LogP contribution in [0.2, 0.25) is 0 Å². The first-order chi connectivity index (χ1) is 13.2. The van der Waals surface area contributed by atoms with Crippen LogP contribution >= 0.6 is 0 Å². The molecule has 5 nitrogen and oxygen atoms in total. The van der Waals surface area contributed by atoms with Crippen molar-refractivity contribution in [2.75, 3.05) is 7.11 Å². The summed E-state index contributed by atoms with van der Waals surface area (Å²) in [4.78, 5) is -0.342. The highest BCUT2D eigenvalue weighted by atomic mass is 32.2. The number of hydrogen-bond donors (Lipinski definition) is 1. The molecule has 2 aromatic carbocycles. The number of rotatable bonds is 5. The first-order valence-electron chi connectivity index (χ1n) is 8.18. The lowest BCUT2D eigenvalue weighted by Gasteiger charge is -2.13. The highest BCUT2D eigenvalue weighted by molar-refractivity contribution is 7.90. The van der Waals surface area contributed by atoms with Gasteiger partial charge in [0, 0.05) is 29.4 Å². The minimum Gasteiger partial charge on any atom is -0.494 e. The number of hydrogen-bond acceptors (Lipinski definition) is 4. The molecule has 0 spiro atoms. The monoisotopic (exact) mass is 410 g/mol. The Morgan fingerprint density at radius 2 is 1.75 bits per heavy atom. The lowest BCUT2D eigenvalue weighted by atomic mass is 10.1. The van der Waals surface area contributed by atoms with E-state index in [2.05, 4.69) is 0 Å². The normalized spacial score (nSPS) is 12.8. The van der Waals surface area contributed by atoms with Gasteiger partial charge in [0.15, 0.2) is 5.75 Å². The summed E-state index contributed by atoms with van der Waals surface area (Å²) in [7, 11) is -3.05. The Labute approximate surface area is 160 Å². The second-order valence-electron chi connectivity index (χ2n) is 6.14. The first-order valence-corrected chi connectivity index (χ1v) is 9.62. The van der Waals surface area contributed by atoms with E-state index in [1.54, 1.807) is 6.92 Å². The quantitative estimate of drug-likeness (QED) is 0.694. The van der Waals surface area contributed by atoms with Crippen molar-refractivity contribution in [1.29, 1.82) is 0 Å². The van der Waals surface area contributed by atoms with E-state index in [1.165, 1.54) is 25.4 Å². The van der Waals surface area contributed by atoms with Gasteiger partial charge >= 0.3 is 0 Å². The van der Waals surface area contributed by atoms with Crippen molar-refractivity contribution in [3.63, 3.8) is 0 Å². The van der Waals surface area contributed by atoms with Crippen LogP contribution in [0.5, 0.6) is 5.75 Å². The van der Waals surface area contributed by atoms with E-state index in [0.29, 0.717) is 11.6 Å². The highest BCUT2D eigenvalue weighted by Gasteiger charge is 2.29. The fraction of sp³-hybridized carbons (Fsp3) is 0.158. The third-order valence-corrected chi connectivity index (χ3v) is 5.84. The molecule has 0 bridgehead atoms. The van der Waals surface area contributed by atoms with Crippen LogP contribution in [-0.4, -0.2) is 19.5 Å². The molecule has 9 heteroatoms. The van der Waals surface area contributed by atoms with Crippen LogP contribution in [0.3, 0.4) is 0 Å². The molecule has 3 aromatic rings. The fourth-order valence-electron chi connectivity index (χ4n) is 2.88. The van der Waals surface area contributed by atoms with E-state index in [4.69, 9.17) is 10.5 Å². The summed E-state index contributed by atoms with van der Waals surface area (Å²) in [6.45, 7) is 1.60. The van der Waals surface area contributed by atoms with Crippen molar-refractivity contribution in [3.8, 4) is 17.0 Å². The maximum Gasteiger partial charge on any atom is 0.268 e. The van der Waals surface area contributed by atoms with Gasteiger partial charge in [0.25, 0.3) is 10.0 Å². The number of nitrogens with two attached hydrogens (primary N) is 1. The van der Waals surface area contributed by atoms with Crippen molar-refractivity contribution in [1.82, 2.24) is 3.97 Å². The van der Waals surface area contributed by atoms with Crippen LogP contribution in [0.1, 0.15) is 18.5 Å². The lowest BCUT2D eigenvalue weighted by Crippen LogP contribution is -2.14. The van der Waals surface area contributed by atoms with Gasteiger partial charge in [-0.3, -0.25) is 0 Å². The zero-order chi connectivity index (χ0) is 20.6. The zero-order valence-corrected chi connectivity index (χ0v) is 15.8. The summed E-state index contributed by atoms with van der Waals surface area (Å²) in [5.74, 6) is -2.52. The molecule has 0 aliphatic heterocycles. The molecule has 148 valence electrons. The smallest absolute Gasteiger partial charge is 0.268 e. The maximum atomic E-state index is 14.5. The minimum absolute atomic E-state index is 0.0282. The molecule has 0 fully saturated rings. The van der Waals surface area contributed by atoms with Crippen LogP contribution in [0, 0.1) is 17.5 Å². The molecular weight excluding hydrogens is 393 g/mol. The van der Waals surface area contributed by atoms with Crippen LogP contribution in [-0.2, 0) is 10.0 Å². The van der Waals surface area contributed by atoms with E-state index >= 15 is 0 Å². The predicted molar refractivity (Wildman–Crippen MR) is 97.9 cm³/mol. The average molecular weight is 410 g/mol. The molecule has 1 heterocycles. The molecule has 1 unspecified atom stereocenters. The number of methoxy groups -OCH3 is 1. The third kappa shape index (κ3) is 3.38.